The van der Waals surface area contributed by atoms with E-state index in [1.165, 1.54) is 22.4 Å². The van der Waals surface area contributed by atoms with Crippen molar-refractivity contribution in [3.8, 4) is 0 Å². The highest BCUT2D eigenvalue weighted by Gasteiger charge is 2.38. The molecule has 1 amide bonds. The van der Waals surface area contributed by atoms with E-state index in [1.807, 2.05) is 11.1 Å². The number of allylic oxidation sites excluding steroid dienone is 1. The Morgan fingerprint density at radius 1 is 1.07 bits per heavy atom. The molecule has 0 aliphatic carbocycles. The topological polar surface area (TPSA) is 70.1 Å². The van der Waals surface area contributed by atoms with Gasteiger partial charge in [-0.25, -0.2) is 4.79 Å². The van der Waals surface area contributed by atoms with Crippen molar-refractivity contribution in [2.75, 3.05) is 59.1 Å². The summed E-state index contributed by atoms with van der Waals surface area (Å²) < 4.78 is 17.1. The molecule has 3 saturated heterocycles. The summed E-state index contributed by atoms with van der Waals surface area (Å²) in [5, 5.41) is 6.76. The molecule has 1 aromatic rings. The van der Waals surface area contributed by atoms with Crippen molar-refractivity contribution in [1.29, 1.82) is 0 Å². The van der Waals surface area contributed by atoms with Gasteiger partial charge in [-0.1, -0.05) is 24.3 Å². The molecule has 9 heteroatoms. The zero-order chi connectivity index (χ0) is 27.7. The molecule has 9 nitrogen and oxygen atoms in total. The Kier molecular flexibility index (Phi) is 7.88. The van der Waals surface area contributed by atoms with Gasteiger partial charge in [0.2, 0.25) is 0 Å². The number of hydrogen-bond acceptors (Lipinski definition) is 8. The quantitative estimate of drug-likeness (QED) is 0.511. The van der Waals surface area contributed by atoms with Gasteiger partial charge < -0.3 is 28.9 Å². The Balaban J connectivity index is 1.08. The van der Waals surface area contributed by atoms with Crippen LogP contribution in [0.5, 0.6) is 0 Å². The van der Waals surface area contributed by atoms with Gasteiger partial charge in [0.1, 0.15) is 0 Å². The van der Waals surface area contributed by atoms with Gasteiger partial charge in [0, 0.05) is 76.4 Å². The zero-order valence-corrected chi connectivity index (χ0v) is 24.1. The summed E-state index contributed by atoms with van der Waals surface area (Å²) in [5.41, 5.74) is 4.90. The Morgan fingerprint density at radius 3 is 2.42 bits per heavy atom. The molecule has 0 radical (unpaired) electrons. The van der Waals surface area contributed by atoms with Crippen molar-refractivity contribution in [3.63, 3.8) is 0 Å². The highest BCUT2D eigenvalue weighted by Crippen LogP contribution is 2.40. The number of nitrogens with zero attached hydrogens (tertiary/aromatic N) is 5. The van der Waals surface area contributed by atoms with Gasteiger partial charge in [-0.15, -0.1) is 0 Å². The molecule has 3 fully saturated rings. The lowest BCUT2D eigenvalue weighted by molar-refractivity contribution is -0.105. The second-order valence-corrected chi connectivity index (χ2v) is 11.8. The lowest BCUT2D eigenvalue weighted by atomic mass is 9.83. The predicted molar refractivity (Wildman–Crippen MR) is 155 cm³/mol. The average molecular weight is 550 g/mol. The van der Waals surface area contributed by atoms with Crippen molar-refractivity contribution in [2.45, 2.75) is 63.8 Å². The van der Waals surface area contributed by atoms with Gasteiger partial charge in [-0.2, -0.15) is 5.10 Å². The number of hydrazone groups is 1. The fourth-order valence-corrected chi connectivity index (χ4v) is 6.59. The second-order valence-electron chi connectivity index (χ2n) is 11.8. The largest absolute Gasteiger partial charge is 0.441 e. The molecule has 0 aromatic heterocycles. The van der Waals surface area contributed by atoms with Crippen molar-refractivity contribution in [3.05, 3.63) is 53.4 Å². The van der Waals surface area contributed by atoms with E-state index in [4.69, 9.17) is 14.2 Å². The summed E-state index contributed by atoms with van der Waals surface area (Å²) in [6, 6.07) is 9.84. The van der Waals surface area contributed by atoms with Crippen LogP contribution in [0.15, 0.2) is 47.3 Å². The van der Waals surface area contributed by atoms with Gasteiger partial charge in [0.15, 0.2) is 6.10 Å². The summed E-state index contributed by atoms with van der Waals surface area (Å²) in [5.74, 6) is 0. The van der Waals surface area contributed by atoms with Crippen LogP contribution in [0.4, 0.5) is 4.79 Å². The molecule has 0 spiro atoms. The smallest absolute Gasteiger partial charge is 0.410 e. The van der Waals surface area contributed by atoms with Gasteiger partial charge in [-0.05, 0) is 56.4 Å². The number of carbonyl (C=O) groups is 1. The van der Waals surface area contributed by atoms with Crippen LogP contribution in [-0.2, 0) is 19.8 Å². The molecule has 40 heavy (non-hydrogen) atoms. The molecule has 1 atom stereocenters. The van der Waals surface area contributed by atoms with Crippen LogP contribution in [0, 0.1) is 0 Å². The first-order chi connectivity index (χ1) is 19.5. The van der Waals surface area contributed by atoms with Crippen molar-refractivity contribution >= 4 is 17.9 Å². The van der Waals surface area contributed by atoms with Gasteiger partial charge in [-0.3, -0.25) is 5.01 Å². The predicted octanol–water partition coefficient (Wildman–Crippen LogP) is 3.87. The van der Waals surface area contributed by atoms with Crippen LogP contribution in [0.3, 0.4) is 0 Å². The van der Waals surface area contributed by atoms with E-state index in [1.54, 1.807) is 0 Å². The Bertz CT molecular complexity index is 1140. The lowest BCUT2D eigenvalue weighted by Gasteiger charge is -2.43. The number of hydrogen-bond donors (Lipinski definition) is 0. The first-order valence-electron chi connectivity index (χ1n) is 15.0. The first kappa shape index (κ1) is 27.3. The minimum absolute atomic E-state index is 0.0870. The monoisotopic (exact) mass is 549 g/mol. The summed E-state index contributed by atoms with van der Waals surface area (Å²) in [6.45, 7) is 13.4. The van der Waals surface area contributed by atoms with Crippen LogP contribution in [0.25, 0.3) is 5.57 Å². The third-order valence-electron chi connectivity index (χ3n) is 9.12. The number of likely N-dealkylation sites (tertiary alicyclic amines) is 1. The number of ether oxygens (including phenoxy) is 3. The molecular weight excluding hydrogens is 506 g/mol. The maximum absolute atomic E-state index is 12.5. The second kappa shape index (κ2) is 11.5. The number of piperazine rings is 1. The molecule has 0 saturated carbocycles. The number of fused-ring (bicyclic) bond motifs is 1. The number of carbonyl (C=O) groups excluding carboxylic acids is 1. The van der Waals surface area contributed by atoms with E-state index in [2.05, 4.69) is 77.2 Å². The van der Waals surface area contributed by atoms with Crippen LogP contribution in [-0.4, -0.2) is 109 Å². The Hall–Kier alpha value is -2.88. The molecule has 0 bridgehead atoms. The molecule has 5 aliphatic rings. The fraction of sp³-hybridized carbons (Fsp3) is 0.613. The third kappa shape index (κ3) is 5.39. The molecule has 0 N–H and O–H groups in total. The van der Waals surface area contributed by atoms with E-state index < -0.39 is 0 Å². The van der Waals surface area contributed by atoms with Crippen molar-refractivity contribution in [2.24, 2.45) is 5.10 Å². The Morgan fingerprint density at radius 2 is 1.80 bits per heavy atom. The van der Waals surface area contributed by atoms with Gasteiger partial charge >= 0.3 is 6.09 Å². The molecule has 1 unspecified atom stereocenters. The minimum Gasteiger partial charge on any atom is -0.441 e. The van der Waals surface area contributed by atoms with Crippen molar-refractivity contribution < 1.29 is 19.0 Å². The Labute approximate surface area is 238 Å². The van der Waals surface area contributed by atoms with E-state index >= 15 is 0 Å². The van der Waals surface area contributed by atoms with Crippen LogP contribution < -0.4 is 0 Å². The highest BCUT2D eigenvalue weighted by atomic mass is 16.6. The lowest BCUT2D eigenvalue weighted by Crippen LogP contribution is -2.52. The fourth-order valence-electron chi connectivity index (χ4n) is 6.59. The normalized spacial score (nSPS) is 25.0. The number of piperidine rings is 1. The van der Waals surface area contributed by atoms with Gasteiger partial charge in [0.25, 0.3) is 0 Å². The molecule has 1 aromatic carbocycles. The number of rotatable bonds is 7. The van der Waals surface area contributed by atoms with E-state index in [9.17, 15) is 4.79 Å². The maximum atomic E-state index is 12.5. The molecule has 216 valence electrons. The minimum atomic E-state index is -0.223. The average Bonchev–Trinajstić information content (AvgIpc) is 3.40. The number of benzene rings is 1. The van der Waals surface area contributed by atoms with E-state index in [0.717, 1.165) is 52.0 Å². The maximum Gasteiger partial charge on any atom is 0.410 e. The zero-order valence-electron chi connectivity index (χ0n) is 24.1. The first-order valence-corrected chi connectivity index (χ1v) is 15.0. The van der Waals surface area contributed by atoms with Crippen LogP contribution >= 0.6 is 0 Å². The molecule has 5 aliphatic heterocycles. The highest BCUT2D eigenvalue weighted by molar-refractivity contribution is 5.76. The van der Waals surface area contributed by atoms with E-state index in [0.29, 0.717) is 32.3 Å². The molecular formula is C31H43N5O4. The summed E-state index contributed by atoms with van der Waals surface area (Å²) in [7, 11) is 0. The summed E-state index contributed by atoms with van der Waals surface area (Å²) in [6.07, 6.45) is 8.87. The standard InChI is InChI=1S/C31H43N5O4/c1-4-39-31(10-13-33(14-11-31)23(2)3)26-7-5-24(6-8-26)25-19-29-28(9-12-32-36(29)20-25)34-15-17-35(18-16-34)30(37)40-27-21-38-22-27/h5-9,12,20,23,27,29H,4,10-11,13-19,21-22H2,1-3H3. The SMILES string of the molecule is CCOC1(c2ccc(C3=CN4N=CC=C(N5CCN(C(=O)OC6COC6)CC5)C4C3)cc2)CCN(C(C)C)CC1. The van der Waals surface area contributed by atoms with Crippen LogP contribution in [0.2, 0.25) is 0 Å². The number of amides is 1. The molecule has 6 rings (SSSR count). The van der Waals surface area contributed by atoms with Crippen molar-refractivity contribution in [1.82, 2.24) is 19.7 Å². The summed E-state index contributed by atoms with van der Waals surface area (Å²) >= 11 is 0. The van der Waals surface area contributed by atoms with Crippen LogP contribution in [0.1, 0.15) is 51.2 Å². The molecule has 5 heterocycles. The third-order valence-corrected chi connectivity index (χ3v) is 9.12. The summed E-state index contributed by atoms with van der Waals surface area (Å²) in [4.78, 5) is 19.2. The van der Waals surface area contributed by atoms with Gasteiger partial charge in [0.05, 0.1) is 24.9 Å². The van der Waals surface area contributed by atoms with E-state index in [-0.39, 0.29) is 23.8 Å².